The molecule has 0 fully saturated rings. The van der Waals surface area contributed by atoms with Gasteiger partial charge in [0.1, 0.15) is 5.82 Å². The molecule has 1 N–H and O–H groups in total. The number of hydrogen-bond acceptors (Lipinski definition) is 4. The number of nitrogens with zero attached hydrogens (tertiary/aromatic N) is 3. The fourth-order valence-electron chi connectivity index (χ4n) is 1.46. The van der Waals surface area contributed by atoms with Crippen molar-refractivity contribution in [2.45, 2.75) is 19.9 Å². The van der Waals surface area contributed by atoms with Crippen molar-refractivity contribution in [3.05, 3.63) is 23.3 Å². The summed E-state index contributed by atoms with van der Waals surface area (Å²) in [6.07, 6.45) is 1.13. The van der Waals surface area contributed by atoms with Gasteiger partial charge in [0.15, 0.2) is 5.82 Å². The average molecular weight is 236 g/mol. The lowest BCUT2D eigenvalue weighted by atomic mass is 10.4. The van der Waals surface area contributed by atoms with Crippen LogP contribution in [0.2, 0.25) is 0 Å². The van der Waals surface area contributed by atoms with E-state index in [-0.39, 0.29) is 0 Å². The summed E-state index contributed by atoms with van der Waals surface area (Å²) in [5.74, 6) is 1.81. The molecule has 2 rings (SSSR count). The fourth-order valence-corrected chi connectivity index (χ4v) is 2.11. The van der Waals surface area contributed by atoms with Gasteiger partial charge >= 0.3 is 0 Å². The first-order valence-electron chi connectivity index (χ1n) is 5.45. The molecule has 0 spiro atoms. The molecule has 0 amide bonds. The summed E-state index contributed by atoms with van der Waals surface area (Å²) in [4.78, 5) is 5.65. The quantitative estimate of drug-likeness (QED) is 0.808. The van der Waals surface area contributed by atoms with E-state index in [1.807, 2.05) is 29.2 Å². The third kappa shape index (κ3) is 2.48. The van der Waals surface area contributed by atoms with Gasteiger partial charge in [-0.3, -0.25) is 4.68 Å². The first kappa shape index (κ1) is 11.3. The standard InChI is InChI=1S/C11H16N4S/c1-3-6-12-8-10-13-11(14-15(10)2)9-5-4-7-16-9/h4-5,7,12H,3,6,8H2,1-2H3. The lowest BCUT2D eigenvalue weighted by Gasteiger charge is -2.00. The van der Waals surface area contributed by atoms with Gasteiger partial charge in [-0.05, 0) is 24.4 Å². The molecule has 2 heterocycles. The van der Waals surface area contributed by atoms with E-state index in [2.05, 4.69) is 22.3 Å². The van der Waals surface area contributed by atoms with Crippen molar-refractivity contribution in [1.29, 1.82) is 0 Å². The molecule has 16 heavy (non-hydrogen) atoms. The SMILES string of the molecule is CCCNCc1nc(-c2cccs2)nn1C. The van der Waals surface area contributed by atoms with E-state index in [1.54, 1.807) is 11.3 Å². The molecule has 0 atom stereocenters. The molecular weight excluding hydrogens is 220 g/mol. The first-order valence-corrected chi connectivity index (χ1v) is 6.33. The molecule has 2 aromatic rings. The van der Waals surface area contributed by atoms with E-state index < -0.39 is 0 Å². The molecule has 0 unspecified atom stereocenters. The summed E-state index contributed by atoms with van der Waals surface area (Å²) in [7, 11) is 1.94. The van der Waals surface area contributed by atoms with Crippen molar-refractivity contribution in [2.75, 3.05) is 6.54 Å². The van der Waals surface area contributed by atoms with Crippen LogP contribution in [-0.2, 0) is 13.6 Å². The van der Waals surface area contributed by atoms with Crippen LogP contribution >= 0.6 is 11.3 Å². The second-order valence-corrected chi connectivity index (χ2v) is 4.58. The van der Waals surface area contributed by atoms with Crippen LogP contribution < -0.4 is 5.32 Å². The third-order valence-corrected chi connectivity index (χ3v) is 3.17. The third-order valence-electron chi connectivity index (χ3n) is 2.30. The molecule has 0 saturated carbocycles. The Hall–Kier alpha value is -1.20. The Morgan fingerprint density at radius 3 is 3.06 bits per heavy atom. The molecule has 0 saturated heterocycles. The first-order chi connectivity index (χ1) is 7.81. The van der Waals surface area contributed by atoms with E-state index in [4.69, 9.17) is 0 Å². The normalized spacial score (nSPS) is 10.9. The lowest BCUT2D eigenvalue weighted by molar-refractivity contribution is 0.609. The Morgan fingerprint density at radius 1 is 1.50 bits per heavy atom. The van der Waals surface area contributed by atoms with Gasteiger partial charge in [0.25, 0.3) is 0 Å². The van der Waals surface area contributed by atoms with E-state index >= 15 is 0 Å². The second-order valence-electron chi connectivity index (χ2n) is 3.63. The lowest BCUT2D eigenvalue weighted by Crippen LogP contribution is -2.17. The highest BCUT2D eigenvalue weighted by atomic mass is 32.1. The van der Waals surface area contributed by atoms with Gasteiger partial charge in [0, 0.05) is 7.05 Å². The van der Waals surface area contributed by atoms with Crippen LogP contribution in [0.3, 0.4) is 0 Å². The van der Waals surface area contributed by atoms with Gasteiger partial charge in [-0.1, -0.05) is 13.0 Å². The van der Waals surface area contributed by atoms with Crippen LogP contribution in [-0.4, -0.2) is 21.3 Å². The minimum Gasteiger partial charge on any atom is -0.310 e. The minimum absolute atomic E-state index is 0.780. The van der Waals surface area contributed by atoms with Crippen molar-refractivity contribution in [3.8, 4) is 10.7 Å². The number of aromatic nitrogens is 3. The second kappa shape index (κ2) is 5.23. The van der Waals surface area contributed by atoms with Gasteiger partial charge in [-0.2, -0.15) is 5.10 Å². The molecule has 0 aliphatic rings. The minimum atomic E-state index is 0.780. The molecular formula is C11H16N4S. The molecule has 2 aromatic heterocycles. The van der Waals surface area contributed by atoms with Crippen LogP contribution in [0.1, 0.15) is 19.2 Å². The summed E-state index contributed by atoms with van der Waals surface area (Å²) < 4.78 is 1.84. The summed E-state index contributed by atoms with van der Waals surface area (Å²) in [5.41, 5.74) is 0. The number of rotatable bonds is 5. The maximum absolute atomic E-state index is 4.52. The van der Waals surface area contributed by atoms with Crippen molar-refractivity contribution in [3.63, 3.8) is 0 Å². The Morgan fingerprint density at radius 2 is 2.38 bits per heavy atom. The predicted molar refractivity (Wildman–Crippen MR) is 66.3 cm³/mol. The van der Waals surface area contributed by atoms with Gasteiger partial charge < -0.3 is 5.32 Å². The van der Waals surface area contributed by atoms with E-state index in [0.29, 0.717) is 0 Å². The van der Waals surface area contributed by atoms with Crippen molar-refractivity contribution >= 4 is 11.3 Å². The number of nitrogens with one attached hydrogen (secondary N) is 1. The van der Waals surface area contributed by atoms with Crippen molar-refractivity contribution < 1.29 is 0 Å². The summed E-state index contributed by atoms with van der Waals surface area (Å²) in [6, 6.07) is 4.06. The van der Waals surface area contributed by atoms with Gasteiger partial charge in [-0.15, -0.1) is 11.3 Å². The zero-order valence-electron chi connectivity index (χ0n) is 9.60. The molecule has 5 heteroatoms. The van der Waals surface area contributed by atoms with Crippen LogP contribution in [0.15, 0.2) is 17.5 Å². The Bertz CT molecular complexity index is 433. The van der Waals surface area contributed by atoms with Crippen molar-refractivity contribution in [1.82, 2.24) is 20.1 Å². The highest BCUT2D eigenvalue weighted by Crippen LogP contribution is 2.20. The highest BCUT2D eigenvalue weighted by molar-refractivity contribution is 7.13. The largest absolute Gasteiger partial charge is 0.310 e. The van der Waals surface area contributed by atoms with Crippen LogP contribution in [0.5, 0.6) is 0 Å². The van der Waals surface area contributed by atoms with E-state index in [1.165, 1.54) is 0 Å². The Balaban J connectivity index is 2.10. The smallest absolute Gasteiger partial charge is 0.191 e. The molecule has 86 valence electrons. The zero-order valence-corrected chi connectivity index (χ0v) is 10.4. The molecule has 0 aliphatic carbocycles. The average Bonchev–Trinajstić information content (AvgIpc) is 2.88. The molecule has 0 radical (unpaired) electrons. The monoisotopic (exact) mass is 236 g/mol. The molecule has 0 aliphatic heterocycles. The van der Waals surface area contributed by atoms with Gasteiger partial charge in [0.2, 0.25) is 0 Å². The number of thiophene rings is 1. The summed E-state index contributed by atoms with van der Waals surface area (Å²) >= 11 is 1.67. The van der Waals surface area contributed by atoms with Gasteiger partial charge in [-0.25, -0.2) is 4.98 Å². The van der Waals surface area contributed by atoms with Crippen molar-refractivity contribution in [2.24, 2.45) is 7.05 Å². The fraction of sp³-hybridized carbons (Fsp3) is 0.455. The zero-order chi connectivity index (χ0) is 11.4. The highest BCUT2D eigenvalue weighted by Gasteiger charge is 2.08. The molecule has 0 aromatic carbocycles. The topological polar surface area (TPSA) is 42.7 Å². The van der Waals surface area contributed by atoms with Crippen LogP contribution in [0.25, 0.3) is 10.7 Å². The summed E-state index contributed by atoms with van der Waals surface area (Å²) in [5, 5.41) is 9.78. The number of hydrogen-bond donors (Lipinski definition) is 1. The summed E-state index contributed by atoms with van der Waals surface area (Å²) in [6.45, 7) is 3.95. The predicted octanol–water partition coefficient (Wildman–Crippen LogP) is 2.04. The Kier molecular flexibility index (Phi) is 3.69. The molecule has 0 bridgehead atoms. The number of aryl methyl sites for hydroxylation is 1. The van der Waals surface area contributed by atoms with Crippen LogP contribution in [0, 0.1) is 0 Å². The van der Waals surface area contributed by atoms with Gasteiger partial charge in [0.05, 0.1) is 11.4 Å². The maximum Gasteiger partial charge on any atom is 0.191 e. The Labute approximate surface area is 99.3 Å². The van der Waals surface area contributed by atoms with E-state index in [9.17, 15) is 0 Å². The van der Waals surface area contributed by atoms with E-state index in [0.717, 1.165) is 36.0 Å². The maximum atomic E-state index is 4.52. The van der Waals surface area contributed by atoms with Crippen LogP contribution in [0.4, 0.5) is 0 Å². The molecule has 4 nitrogen and oxygen atoms in total.